The van der Waals surface area contributed by atoms with E-state index in [1.807, 2.05) is 48.5 Å². The van der Waals surface area contributed by atoms with E-state index in [0.717, 1.165) is 13.7 Å². The molecule has 0 heterocycles. The highest BCUT2D eigenvalue weighted by Crippen LogP contribution is 2.28. The van der Waals surface area contributed by atoms with Crippen LogP contribution in [0.3, 0.4) is 0 Å². The summed E-state index contributed by atoms with van der Waals surface area (Å²) in [6.07, 6.45) is 1.53. The van der Waals surface area contributed by atoms with E-state index in [1.165, 1.54) is 6.20 Å². The maximum Gasteiger partial charge on any atom is 0.263 e. The minimum absolute atomic E-state index is 0.0908. The molecular weight excluding hydrogens is 417 g/mol. The number of hydrogen-bond acceptors (Lipinski definition) is 1. The summed E-state index contributed by atoms with van der Waals surface area (Å²) in [5, 5.41) is 0. The molecule has 0 N–H and O–H groups in total. The van der Waals surface area contributed by atoms with E-state index in [1.54, 1.807) is 4.90 Å². The zero-order valence-electron chi connectivity index (χ0n) is 10.0. The Morgan fingerprint density at radius 3 is 2.42 bits per heavy atom. The molecule has 2 nitrogen and oxygen atoms in total. The van der Waals surface area contributed by atoms with Crippen molar-refractivity contribution >= 4 is 50.1 Å². The minimum Gasteiger partial charge on any atom is -0.283 e. The van der Waals surface area contributed by atoms with Crippen molar-refractivity contribution in [1.29, 1.82) is 0 Å². The Kier molecular flexibility index (Phi) is 4.76. The molecular formula is C15H11BrINO. The van der Waals surface area contributed by atoms with Crippen LogP contribution in [0.4, 0.5) is 5.69 Å². The van der Waals surface area contributed by atoms with Crippen molar-refractivity contribution in [3.05, 3.63) is 74.9 Å². The number of carbonyl (C=O) groups excluding carboxylic acids is 1. The number of hydrogen-bond donors (Lipinski definition) is 0. The number of benzene rings is 2. The van der Waals surface area contributed by atoms with Gasteiger partial charge in [-0.15, -0.1) is 0 Å². The lowest BCUT2D eigenvalue weighted by molar-refractivity contribution is 0.0997. The predicted molar refractivity (Wildman–Crippen MR) is 90.3 cm³/mol. The maximum atomic E-state index is 12.6. The van der Waals surface area contributed by atoms with Crippen molar-refractivity contribution in [3.8, 4) is 0 Å². The summed E-state index contributed by atoms with van der Waals surface area (Å²) in [6, 6.07) is 15.1. The van der Waals surface area contributed by atoms with Gasteiger partial charge in [-0.1, -0.05) is 30.8 Å². The van der Waals surface area contributed by atoms with Crippen LogP contribution in [0.5, 0.6) is 0 Å². The van der Waals surface area contributed by atoms with Gasteiger partial charge in [0.1, 0.15) is 0 Å². The second-order valence-electron chi connectivity index (χ2n) is 3.79. The van der Waals surface area contributed by atoms with Crippen LogP contribution in [-0.2, 0) is 0 Å². The summed E-state index contributed by atoms with van der Waals surface area (Å²) in [5.41, 5.74) is 1.45. The van der Waals surface area contributed by atoms with Crippen LogP contribution in [0.2, 0.25) is 0 Å². The van der Waals surface area contributed by atoms with Crippen molar-refractivity contribution in [2.45, 2.75) is 0 Å². The Balaban J connectivity index is 2.44. The van der Waals surface area contributed by atoms with E-state index >= 15 is 0 Å². The summed E-state index contributed by atoms with van der Waals surface area (Å²) in [7, 11) is 0. The maximum absolute atomic E-state index is 12.6. The second kappa shape index (κ2) is 6.34. The van der Waals surface area contributed by atoms with Crippen molar-refractivity contribution in [2.75, 3.05) is 4.90 Å². The van der Waals surface area contributed by atoms with Crippen LogP contribution in [0, 0.1) is 3.57 Å². The lowest BCUT2D eigenvalue weighted by Crippen LogP contribution is -2.26. The first-order chi connectivity index (χ1) is 9.15. The molecule has 0 unspecified atom stereocenters. The van der Waals surface area contributed by atoms with Crippen molar-refractivity contribution < 1.29 is 4.79 Å². The summed E-state index contributed by atoms with van der Waals surface area (Å²) in [5.74, 6) is -0.0908. The highest BCUT2D eigenvalue weighted by atomic mass is 127. The van der Waals surface area contributed by atoms with Crippen molar-refractivity contribution in [2.24, 2.45) is 0 Å². The number of amides is 1. The molecule has 0 fully saturated rings. The summed E-state index contributed by atoms with van der Waals surface area (Å²) >= 11 is 5.61. The fraction of sp³-hybridized carbons (Fsp3) is 0. The number of para-hydroxylation sites is 1. The molecule has 4 heteroatoms. The Morgan fingerprint density at radius 2 is 1.79 bits per heavy atom. The van der Waals surface area contributed by atoms with E-state index < -0.39 is 0 Å². The van der Waals surface area contributed by atoms with Gasteiger partial charge in [-0.05, 0) is 62.8 Å². The number of rotatable bonds is 3. The van der Waals surface area contributed by atoms with Gasteiger partial charge < -0.3 is 0 Å². The third-order valence-electron chi connectivity index (χ3n) is 2.62. The van der Waals surface area contributed by atoms with Crippen LogP contribution in [0.15, 0.2) is 65.8 Å². The molecule has 96 valence electrons. The first-order valence-corrected chi connectivity index (χ1v) is 7.47. The van der Waals surface area contributed by atoms with Gasteiger partial charge in [-0.25, -0.2) is 0 Å². The molecule has 0 radical (unpaired) electrons. The Labute approximate surface area is 134 Å². The first-order valence-electron chi connectivity index (χ1n) is 5.60. The second-order valence-corrected chi connectivity index (χ2v) is 5.81. The third-order valence-corrected chi connectivity index (χ3v) is 4.23. The number of carbonyl (C=O) groups is 1. The normalized spacial score (nSPS) is 10.0. The van der Waals surface area contributed by atoms with E-state index in [4.69, 9.17) is 0 Å². The first kappa shape index (κ1) is 14.3. The summed E-state index contributed by atoms with van der Waals surface area (Å²) < 4.78 is 1.78. The van der Waals surface area contributed by atoms with Gasteiger partial charge in [-0.2, -0.15) is 0 Å². The minimum atomic E-state index is -0.0908. The summed E-state index contributed by atoms with van der Waals surface area (Å²) in [4.78, 5) is 14.1. The number of halogens is 2. The lowest BCUT2D eigenvalue weighted by atomic mass is 10.2. The highest BCUT2D eigenvalue weighted by molar-refractivity contribution is 14.1. The smallest absolute Gasteiger partial charge is 0.263 e. The Morgan fingerprint density at radius 1 is 1.16 bits per heavy atom. The quantitative estimate of drug-likeness (QED) is 0.641. The molecule has 19 heavy (non-hydrogen) atoms. The molecule has 0 spiro atoms. The number of nitrogens with zero attached hydrogens (tertiary/aromatic N) is 1. The monoisotopic (exact) mass is 427 g/mol. The van der Waals surface area contributed by atoms with E-state index in [2.05, 4.69) is 45.1 Å². The standard InChI is InChI=1S/C15H11BrINO/c1-2-18(14-10-6-4-8-12(14)16)15(19)11-7-3-5-9-13(11)17/h2-10H,1H2. The van der Waals surface area contributed by atoms with Crippen molar-refractivity contribution in [1.82, 2.24) is 0 Å². The van der Waals surface area contributed by atoms with Crippen molar-refractivity contribution in [3.63, 3.8) is 0 Å². The van der Waals surface area contributed by atoms with Crippen LogP contribution in [-0.4, -0.2) is 5.91 Å². The molecule has 0 aromatic heterocycles. The molecule has 0 atom stereocenters. The van der Waals surface area contributed by atoms with Gasteiger partial charge in [0.2, 0.25) is 0 Å². The molecule has 2 aromatic carbocycles. The van der Waals surface area contributed by atoms with Crippen LogP contribution >= 0.6 is 38.5 Å². The molecule has 0 aliphatic rings. The average molecular weight is 428 g/mol. The SMILES string of the molecule is C=CN(C(=O)c1ccccc1I)c1ccccc1Br. The predicted octanol–water partition coefficient (Wildman–Crippen LogP) is 4.84. The molecule has 0 saturated heterocycles. The molecule has 1 amide bonds. The van der Waals surface area contributed by atoms with Gasteiger partial charge in [0.15, 0.2) is 0 Å². The fourth-order valence-electron chi connectivity index (χ4n) is 1.70. The third kappa shape index (κ3) is 3.06. The van der Waals surface area contributed by atoms with E-state index in [0.29, 0.717) is 5.56 Å². The van der Waals surface area contributed by atoms with Crippen LogP contribution < -0.4 is 4.90 Å². The zero-order valence-corrected chi connectivity index (χ0v) is 13.8. The van der Waals surface area contributed by atoms with Gasteiger partial charge in [-0.3, -0.25) is 9.69 Å². The van der Waals surface area contributed by atoms with E-state index in [-0.39, 0.29) is 5.91 Å². The zero-order chi connectivity index (χ0) is 13.8. The summed E-state index contributed by atoms with van der Waals surface area (Å²) in [6.45, 7) is 3.74. The van der Waals surface area contributed by atoms with Gasteiger partial charge in [0.25, 0.3) is 5.91 Å². The molecule has 0 aliphatic carbocycles. The van der Waals surface area contributed by atoms with E-state index in [9.17, 15) is 4.79 Å². The largest absolute Gasteiger partial charge is 0.283 e. The topological polar surface area (TPSA) is 20.3 Å². The molecule has 2 rings (SSSR count). The highest BCUT2D eigenvalue weighted by Gasteiger charge is 2.18. The lowest BCUT2D eigenvalue weighted by Gasteiger charge is -2.20. The molecule has 0 saturated carbocycles. The van der Waals surface area contributed by atoms with Crippen LogP contribution in [0.25, 0.3) is 0 Å². The van der Waals surface area contributed by atoms with Gasteiger partial charge >= 0.3 is 0 Å². The van der Waals surface area contributed by atoms with Gasteiger partial charge in [0.05, 0.1) is 11.3 Å². The fourth-order valence-corrected chi connectivity index (χ4v) is 2.80. The number of anilines is 1. The molecule has 2 aromatic rings. The molecule has 0 bridgehead atoms. The van der Waals surface area contributed by atoms with Gasteiger partial charge in [0, 0.05) is 14.2 Å². The molecule has 0 aliphatic heterocycles. The van der Waals surface area contributed by atoms with Crippen LogP contribution in [0.1, 0.15) is 10.4 Å². The average Bonchev–Trinajstić information content (AvgIpc) is 2.42. The Hall–Kier alpha value is -1.14. The Bertz CT molecular complexity index is 627.